The van der Waals surface area contributed by atoms with Crippen LogP contribution in [0.25, 0.3) is 0 Å². The number of furan rings is 1. The Bertz CT molecular complexity index is 471. The minimum absolute atomic E-state index is 0.178. The molecule has 0 bridgehead atoms. The fourth-order valence-corrected chi connectivity index (χ4v) is 2.10. The third-order valence-electron chi connectivity index (χ3n) is 1.87. The fraction of sp³-hybridized carbons (Fsp3) is 0. The SMILES string of the molecule is O=C(c1cc(Cl)cc(Br)c1)c1ccco1. The minimum Gasteiger partial charge on any atom is -0.461 e. The zero-order chi connectivity index (χ0) is 10.8. The van der Waals surface area contributed by atoms with Crippen molar-refractivity contribution in [2.75, 3.05) is 0 Å². The Hall–Kier alpha value is -1.06. The third kappa shape index (κ3) is 2.30. The van der Waals surface area contributed by atoms with Gasteiger partial charge in [0.05, 0.1) is 6.26 Å². The highest BCUT2D eigenvalue weighted by molar-refractivity contribution is 9.10. The summed E-state index contributed by atoms with van der Waals surface area (Å²) in [5, 5.41) is 0.513. The maximum atomic E-state index is 11.8. The molecule has 0 unspecified atom stereocenters. The van der Waals surface area contributed by atoms with Gasteiger partial charge in [-0.05, 0) is 30.3 Å². The van der Waals surface area contributed by atoms with E-state index in [-0.39, 0.29) is 5.78 Å². The molecule has 0 aliphatic heterocycles. The quantitative estimate of drug-likeness (QED) is 0.783. The van der Waals surface area contributed by atoms with Crippen LogP contribution in [0.1, 0.15) is 16.1 Å². The Kier molecular flexibility index (Phi) is 2.93. The van der Waals surface area contributed by atoms with Crippen LogP contribution < -0.4 is 0 Å². The van der Waals surface area contributed by atoms with E-state index >= 15 is 0 Å². The number of hydrogen-bond acceptors (Lipinski definition) is 2. The number of halogens is 2. The molecule has 1 aromatic heterocycles. The van der Waals surface area contributed by atoms with Crippen LogP contribution in [0.3, 0.4) is 0 Å². The van der Waals surface area contributed by atoms with Gasteiger partial charge in [0.25, 0.3) is 0 Å². The fourth-order valence-electron chi connectivity index (χ4n) is 1.23. The average Bonchev–Trinajstić information content (AvgIpc) is 2.67. The molecule has 1 aromatic carbocycles. The van der Waals surface area contributed by atoms with Crippen LogP contribution in [0.5, 0.6) is 0 Å². The molecular formula is C11H6BrClO2. The molecule has 0 saturated heterocycles. The maximum absolute atomic E-state index is 11.8. The molecule has 15 heavy (non-hydrogen) atoms. The largest absolute Gasteiger partial charge is 0.461 e. The van der Waals surface area contributed by atoms with Gasteiger partial charge < -0.3 is 4.42 Å². The monoisotopic (exact) mass is 284 g/mol. The first-order valence-corrected chi connectivity index (χ1v) is 5.38. The molecular weight excluding hydrogens is 279 g/mol. The average molecular weight is 286 g/mol. The summed E-state index contributed by atoms with van der Waals surface area (Å²) in [4.78, 5) is 11.8. The van der Waals surface area contributed by atoms with E-state index in [1.165, 1.54) is 6.26 Å². The lowest BCUT2D eigenvalue weighted by atomic mass is 10.1. The summed E-state index contributed by atoms with van der Waals surface area (Å²) in [5.74, 6) is 0.132. The lowest BCUT2D eigenvalue weighted by Crippen LogP contribution is -1.99. The molecule has 2 rings (SSSR count). The molecule has 0 spiro atoms. The Morgan fingerprint density at radius 2 is 2.13 bits per heavy atom. The van der Waals surface area contributed by atoms with Gasteiger partial charge in [-0.3, -0.25) is 4.79 Å². The van der Waals surface area contributed by atoms with Gasteiger partial charge in [0, 0.05) is 15.1 Å². The van der Waals surface area contributed by atoms with E-state index in [0.29, 0.717) is 16.3 Å². The van der Waals surface area contributed by atoms with Gasteiger partial charge in [0.15, 0.2) is 5.76 Å². The molecule has 76 valence electrons. The van der Waals surface area contributed by atoms with Gasteiger partial charge in [0.1, 0.15) is 0 Å². The van der Waals surface area contributed by atoms with Crippen LogP contribution in [0, 0.1) is 0 Å². The summed E-state index contributed by atoms with van der Waals surface area (Å²) in [5.41, 5.74) is 0.504. The number of ketones is 1. The zero-order valence-electron chi connectivity index (χ0n) is 7.54. The van der Waals surface area contributed by atoms with Crippen molar-refractivity contribution in [3.05, 3.63) is 57.4 Å². The van der Waals surface area contributed by atoms with Gasteiger partial charge in [0.2, 0.25) is 5.78 Å². The second kappa shape index (κ2) is 4.21. The summed E-state index contributed by atoms with van der Waals surface area (Å²) in [6.45, 7) is 0. The van der Waals surface area contributed by atoms with E-state index in [1.54, 1.807) is 30.3 Å². The normalized spacial score (nSPS) is 10.3. The van der Waals surface area contributed by atoms with Crippen molar-refractivity contribution in [1.82, 2.24) is 0 Å². The van der Waals surface area contributed by atoms with E-state index in [0.717, 1.165) is 4.47 Å². The molecule has 0 radical (unpaired) electrons. The van der Waals surface area contributed by atoms with Gasteiger partial charge >= 0.3 is 0 Å². The Balaban J connectivity index is 2.42. The van der Waals surface area contributed by atoms with Crippen molar-refractivity contribution < 1.29 is 9.21 Å². The molecule has 0 atom stereocenters. The number of carbonyl (C=O) groups excluding carboxylic acids is 1. The van der Waals surface area contributed by atoms with E-state index in [1.807, 2.05) is 0 Å². The molecule has 0 saturated carbocycles. The lowest BCUT2D eigenvalue weighted by molar-refractivity contribution is 0.101. The first-order valence-electron chi connectivity index (χ1n) is 4.21. The highest BCUT2D eigenvalue weighted by atomic mass is 79.9. The van der Waals surface area contributed by atoms with Crippen LogP contribution >= 0.6 is 27.5 Å². The number of hydrogen-bond donors (Lipinski definition) is 0. The molecule has 0 aliphatic carbocycles. The lowest BCUT2D eigenvalue weighted by Gasteiger charge is -1.99. The van der Waals surface area contributed by atoms with Crippen LogP contribution in [0.4, 0.5) is 0 Å². The molecule has 0 aliphatic rings. The molecule has 0 N–H and O–H groups in total. The predicted molar refractivity (Wildman–Crippen MR) is 61.3 cm³/mol. The topological polar surface area (TPSA) is 30.2 Å². The van der Waals surface area contributed by atoms with E-state index in [4.69, 9.17) is 16.0 Å². The van der Waals surface area contributed by atoms with E-state index in [2.05, 4.69) is 15.9 Å². The molecule has 1 heterocycles. The number of benzene rings is 1. The molecule has 4 heteroatoms. The third-order valence-corrected chi connectivity index (χ3v) is 2.55. The summed E-state index contributed by atoms with van der Waals surface area (Å²) in [7, 11) is 0. The number of carbonyl (C=O) groups is 1. The molecule has 2 aromatic rings. The highest BCUT2D eigenvalue weighted by Crippen LogP contribution is 2.21. The van der Waals surface area contributed by atoms with Crippen LogP contribution in [-0.2, 0) is 0 Å². The first-order chi connectivity index (χ1) is 7.16. The van der Waals surface area contributed by atoms with Gasteiger partial charge in [-0.2, -0.15) is 0 Å². The highest BCUT2D eigenvalue weighted by Gasteiger charge is 2.12. The van der Waals surface area contributed by atoms with Crippen molar-refractivity contribution in [1.29, 1.82) is 0 Å². The van der Waals surface area contributed by atoms with Crippen molar-refractivity contribution in [2.24, 2.45) is 0 Å². The zero-order valence-corrected chi connectivity index (χ0v) is 9.88. The van der Waals surface area contributed by atoms with Crippen LogP contribution in [0.15, 0.2) is 45.5 Å². The van der Waals surface area contributed by atoms with Crippen LogP contribution in [-0.4, -0.2) is 5.78 Å². The van der Waals surface area contributed by atoms with Crippen molar-refractivity contribution in [3.8, 4) is 0 Å². The standard InChI is InChI=1S/C11H6BrClO2/c12-8-4-7(5-9(13)6-8)11(14)10-2-1-3-15-10/h1-6H. The van der Waals surface area contributed by atoms with Gasteiger partial charge in [-0.25, -0.2) is 0 Å². The van der Waals surface area contributed by atoms with Crippen molar-refractivity contribution in [2.45, 2.75) is 0 Å². The Morgan fingerprint density at radius 1 is 1.33 bits per heavy atom. The molecule has 2 nitrogen and oxygen atoms in total. The van der Waals surface area contributed by atoms with E-state index in [9.17, 15) is 4.79 Å². The summed E-state index contributed by atoms with van der Waals surface area (Å²) < 4.78 is 5.79. The van der Waals surface area contributed by atoms with Crippen LogP contribution in [0.2, 0.25) is 5.02 Å². The second-order valence-electron chi connectivity index (χ2n) is 2.96. The van der Waals surface area contributed by atoms with E-state index < -0.39 is 0 Å². The second-order valence-corrected chi connectivity index (χ2v) is 4.32. The predicted octanol–water partition coefficient (Wildman–Crippen LogP) is 3.93. The number of rotatable bonds is 2. The summed E-state index contributed by atoms with van der Waals surface area (Å²) >= 11 is 9.12. The minimum atomic E-state index is -0.178. The Labute approximate surface area is 100.0 Å². The smallest absolute Gasteiger partial charge is 0.228 e. The summed E-state index contributed by atoms with van der Waals surface area (Å²) in [6, 6.07) is 8.33. The van der Waals surface area contributed by atoms with Gasteiger partial charge in [-0.1, -0.05) is 27.5 Å². The van der Waals surface area contributed by atoms with Gasteiger partial charge in [-0.15, -0.1) is 0 Å². The van der Waals surface area contributed by atoms with Crippen molar-refractivity contribution in [3.63, 3.8) is 0 Å². The first kappa shape index (κ1) is 10.5. The maximum Gasteiger partial charge on any atom is 0.228 e. The summed E-state index contributed by atoms with van der Waals surface area (Å²) in [6.07, 6.45) is 1.47. The Morgan fingerprint density at radius 3 is 2.73 bits per heavy atom. The molecule has 0 amide bonds. The van der Waals surface area contributed by atoms with Crippen molar-refractivity contribution >= 4 is 33.3 Å². The molecule has 0 fully saturated rings.